The number of aromatic nitrogens is 1. The molecule has 1 aromatic heterocycles. The van der Waals surface area contributed by atoms with E-state index in [1.807, 2.05) is 32.2 Å². The van der Waals surface area contributed by atoms with E-state index in [0.29, 0.717) is 13.1 Å². The maximum absolute atomic E-state index is 12.4. The Hall–Kier alpha value is -1.81. The van der Waals surface area contributed by atoms with Crippen molar-refractivity contribution >= 4 is 16.8 Å². The third-order valence-corrected chi connectivity index (χ3v) is 4.58. The number of aromatic amines is 1. The van der Waals surface area contributed by atoms with Crippen LogP contribution in [0.3, 0.4) is 0 Å². The van der Waals surface area contributed by atoms with Crippen molar-refractivity contribution in [2.75, 3.05) is 13.1 Å². The molecule has 2 rings (SSSR count). The Morgan fingerprint density at radius 2 is 2.00 bits per heavy atom. The Bertz CT molecular complexity index is 591. The van der Waals surface area contributed by atoms with E-state index in [1.165, 1.54) is 10.9 Å². The van der Waals surface area contributed by atoms with E-state index >= 15 is 0 Å². The second kappa shape index (κ2) is 6.76. The number of hydrogen-bond donors (Lipinski definition) is 3. The minimum atomic E-state index is -0.416. The highest BCUT2D eigenvalue weighted by molar-refractivity contribution is 5.84. The zero-order valence-electron chi connectivity index (χ0n) is 12.9. The standard InChI is InChI=1S/C17H25N3O/c1-3-17(4-2,12-18)16(21)19-10-9-13-11-20-15-8-6-5-7-14(13)15/h5-8,11,20H,3-4,9-10,12,18H2,1-2H3,(H,19,21). The smallest absolute Gasteiger partial charge is 0.227 e. The predicted molar refractivity (Wildman–Crippen MR) is 87.1 cm³/mol. The van der Waals surface area contributed by atoms with Crippen molar-refractivity contribution in [1.82, 2.24) is 10.3 Å². The molecular weight excluding hydrogens is 262 g/mol. The maximum Gasteiger partial charge on any atom is 0.227 e. The van der Waals surface area contributed by atoms with Gasteiger partial charge in [-0.25, -0.2) is 0 Å². The van der Waals surface area contributed by atoms with Crippen LogP contribution in [0.25, 0.3) is 10.9 Å². The van der Waals surface area contributed by atoms with Gasteiger partial charge in [-0.05, 0) is 30.9 Å². The van der Waals surface area contributed by atoms with E-state index in [9.17, 15) is 4.79 Å². The third kappa shape index (κ3) is 3.10. The summed E-state index contributed by atoms with van der Waals surface area (Å²) in [5, 5.41) is 4.27. The number of hydrogen-bond acceptors (Lipinski definition) is 2. The first-order valence-corrected chi connectivity index (χ1v) is 7.70. The number of carbonyl (C=O) groups is 1. The maximum atomic E-state index is 12.4. The second-order valence-corrected chi connectivity index (χ2v) is 5.56. The molecule has 1 aromatic carbocycles. The van der Waals surface area contributed by atoms with E-state index in [1.54, 1.807) is 0 Å². The van der Waals surface area contributed by atoms with Crippen LogP contribution in [0, 0.1) is 5.41 Å². The Labute approximate surface area is 126 Å². The summed E-state index contributed by atoms with van der Waals surface area (Å²) in [5.74, 6) is 0.0786. The molecule has 0 unspecified atom stereocenters. The van der Waals surface area contributed by atoms with E-state index in [-0.39, 0.29) is 5.91 Å². The quantitative estimate of drug-likeness (QED) is 0.732. The molecule has 0 atom stereocenters. The van der Waals surface area contributed by atoms with Crippen LogP contribution in [0.15, 0.2) is 30.5 Å². The number of amides is 1. The lowest BCUT2D eigenvalue weighted by atomic mass is 9.81. The first kappa shape index (κ1) is 15.6. The van der Waals surface area contributed by atoms with Crippen LogP contribution in [-0.2, 0) is 11.2 Å². The third-order valence-electron chi connectivity index (χ3n) is 4.58. The fourth-order valence-electron chi connectivity index (χ4n) is 2.79. The fraction of sp³-hybridized carbons (Fsp3) is 0.471. The van der Waals surface area contributed by atoms with Gasteiger partial charge in [0.2, 0.25) is 5.91 Å². The summed E-state index contributed by atoms with van der Waals surface area (Å²) in [6.45, 7) is 5.09. The molecule has 0 saturated heterocycles. The van der Waals surface area contributed by atoms with Crippen LogP contribution in [0.1, 0.15) is 32.3 Å². The van der Waals surface area contributed by atoms with E-state index in [0.717, 1.165) is 24.8 Å². The number of rotatable bonds is 7. The molecule has 0 bridgehead atoms. The lowest BCUT2D eigenvalue weighted by Crippen LogP contribution is -2.45. The molecule has 4 heteroatoms. The van der Waals surface area contributed by atoms with Gasteiger partial charge in [-0.15, -0.1) is 0 Å². The summed E-state index contributed by atoms with van der Waals surface area (Å²) in [4.78, 5) is 15.6. The summed E-state index contributed by atoms with van der Waals surface area (Å²) in [6.07, 6.45) is 4.40. The minimum Gasteiger partial charge on any atom is -0.361 e. The van der Waals surface area contributed by atoms with Gasteiger partial charge in [0.05, 0.1) is 5.41 Å². The number of fused-ring (bicyclic) bond motifs is 1. The van der Waals surface area contributed by atoms with Crippen LogP contribution in [0.2, 0.25) is 0 Å². The van der Waals surface area contributed by atoms with Crippen molar-refractivity contribution in [2.24, 2.45) is 11.1 Å². The lowest BCUT2D eigenvalue weighted by Gasteiger charge is -2.28. The zero-order chi connectivity index (χ0) is 15.3. The van der Waals surface area contributed by atoms with Gasteiger partial charge in [-0.3, -0.25) is 4.79 Å². The molecule has 4 N–H and O–H groups in total. The molecule has 0 aliphatic heterocycles. The fourth-order valence-corrected chi connectivity index (χ4v) is 2.79. The number of H-pyrrole nitrogens is 1. The van der Waals surface area contributed by atoms with Gasteiger partial charge in [-0.2, -0.15) is 0 Å². The minimum absolute atomic E-state index is 0.0786. The molecule has 114 valence electrons. The SMILES string of the molecule is CCC(CC)(CN)C(=O)NCCc1c[nH]c2ccccc12. The molecule has 0 aliphatic carbocycles. The van der Waals surface area contributed by atoms with E-state index in [2.05, 4.69) is 22.4 Å². The number of para-hydroxylation sites is 1. The summed E-state index contributed by atoms with van der Waals surface area (Å²) >= 11 is 0. The van der Waals surface area contributed by atoms with Crippen molar-refractivity contribution < 1.29 is 4.79 Å². The van der Waals surface area contributed by atoms with Crippen molar-refractivity contribution in [3.05, 3.63) is 36.0 Å². The van der Waals surface area contributed by atoms with Crippen LogP contribution >= 0.6 is 0 Å². The Balaban J connectivity index is 1.96. The van der Waals surface area contributed by atoms with Gasteiger partial charge < -0.3 is 16.0 Å². The van der Waals surface area contributed by atoms with Crippen molar-refractivity contribution in [3.8, 4) is 0 Å². The van der Waals surface area contributed by atoms with E-state index < -0.39 is 5.41 Å². The van der Waals surface area contributed by atoms with Gasteiger partial charge in [0.15, 0.2) is 0 Å². The lowest BCUT2D eigenvalue weighted by molar-refractivity contribution is -0.131. The second-order valence-electron chi connectivity index (χ2n) is 5.56. The van der Waals surface area contributed by atoms with Crippen LogP contribution in [0.5, 0.6) is 0 Å². The summed E-state index contributed by atoms with van der Waals surface area (Å²) in [5.41, 5.74) is 7.76. The molecular formula is C17H25N3O. The van der Waals surface area contributed by atoms with Crippen LogP contribution < -0.4 is 11.1 Å². The largest absolute Gasteiger partial charge is 0.361 e. The molecule has 2 aromatic rings. The van der Waals surface area contributed by atoms with Crippen molar-refractivity contribution in [2.45, 2.75) is 33.1 Å². The van der Waals surface area contributed by atoms with Gasteiger partial charge in [0.25, 0.3) is 0 Å². The molecule has 0 radical (unpaired) electrons. The predicted octanol–water partition coefficient (Wildman–Crippen LogP) is 2.59. The topological polar surface area (TPSA) is 70.9 Å². The summed E-state index contributed by atoms with van der Waals surface area (Å²) < 4.78 is 0. The van der Waals surface area contributed by atoms with Crippen LogP contribution in [0.4, 0.5) is 0 Å². The van der Waals surface area contributed by atoms with Gasteiger partial charge in [-0.1, -0.05) is 32.0 Å². The number of carbonyl (C=O) groups excluding carboxylic acids is 1. The first-order chi connectivity index (χ1) is 10.2. The highest BCUT2D eigenvalue weighted by atomic mass is 16.2. The van der Waals surface area contributed by atoms with Gasteiger partial charge in [0, 0.05) is 30.2 Å². The molecule has 1 amide bonds. The molecule has 0 spiro atoms. The molecule has 4 nitrogen and oxygen atoms in total. The molecule has 0 aliphatic rings. The average molecular weight is 287 g/mol. The highest BCUT2D eigenvalue weighted by Crippen LogP contribution is 2.25. The van der Waals surface area contributed by atoms with Crippen molar-refractivity contribution in [3.63, 3.8) is 0 Å². The first-order valence-electron chi connectivity index (χ1n) is 7.70. The highest BCUT2D eigenvalue weighted by Gasteiger charge is 2.32. The summed E-state index contributed by atoms with van der Waals surface area (Å²) in [6, 6.07) is 8.21. The number of nitrogens with two attached hydrogens (primary N) is 1. The Morgan fingerprint density at radius 1 is 1.29 bits per heavy atom. The van der Waals surface area contributed by atoms with E-state index in [4.69, 9.17) is 5.73 Å². The molecule has 0 fully saturated rings. The van der Waals surface area contributed by atoms with Gasteiger partial charge >= 0.3 is 0 Å². The number of benzene rings is 1. The molecule has 0 saturated carbocycles. The van der Waals surface area contributed by atoms with Crippen molar-refractivity contribution in [1.29, 1.82) is 0 Å². The Kier molecular flexibility index (Phi) is 5.02. The normalized spacial score (nSPS) is 11.8. The average Bonchev–Trinajstić information content (AvgIpc) is 2.93. The van der Waals surface area contributed by atoms with Gasteiger partial charge in [0.1, 0.15) is 0 Å². The molecule has 1 heterocycles. The van der Waals surface area contributed by atoms with Crippen LogP contribution in [-0.4, -0.2) is 24.0 Å². The number of nitrogens with one attached hydrogen (secondary N) is 2. The Morgan fingerprint density at radius 3 is 2.67 bits per heavy atom. The zero-order valence-corrected chi connectivity index (χ0v) is 12.9. The summed E-state index contributed by atoms with van der Waals surface area (Å²) in [7, 11) is 0. The monoisotopic (exact) mass is 287 g/mol. The molecule has 21 heavy (non-hydrogen) atoms.